The minimum absolute atomic E-state index is 0.207. The van der Waals surface area contributed by atoms with Gasteiger partial charge in [-0.2, -0.15) is 0 Å². The van der Waals surface area contributed by atoms with Crippen molar-refractivity contribution in [1.82, 2.24) is 5.32 Å². The number of carboxylic acids is 1. The first kappa shape index (κ1) is 11.7. The molecule has 0 aliphatic heterocycles. The standard InChI is InChI=1S/C8H15NO4/c1-5(2)4-6(7(10)11)9-8(12)13-3/h5-6H,4H2,1-3H3,(H,9,12)(H,10,11)/t6-/m0/s1. The first-order chi connectivity index (χ1) is 5.97. The van der Waals surface area contributed by atoms with Crippen molar-refractivity contribution < 1.29 is 19.4 Å². The number of carboxylic acid groups (broad SMARTS) is 1. The Hall–Kier alpha value is -1.26. The summed E-state index contributed by atoms with van der Waals surface area (Å²) < 4.78 is 4.30. The van der Waals surface area contributed by atoms with Crippen LogP contribution in [-0.4, -0.2) is 30.3 Å². The summed E-state index contributed by atoms with van der Waals surface area (Å²) in [6.07, 6.45) is -0.321. The van der Waals surface area contributed by atoms with Crippen LogP contribution in [0.3, 0.4) is 0 Å². The minimum atomic E-state index is -1.04. The molecule has 2 N–H and O–H groups in total. The quantitative estimate of drug-likeness (QED) is 0.687. The van der Waals surface area contributed by atoms with Gasteiger partial charge in [-0.3, -0.25) is 0 Å². The summed E-state index contributed by atoms with van der Waals surface area (Å²) in [6, 6.07) is -0.868. The van der Waals surface area contributed by atoms with Crippen molar-refractivity contribution in [3.05, 3.63) is 0 Å². The molecule has 1 amide bonds. The largest absolute Gasteiger partial charge is 0.480 e. The van der Waals surface area contributed by atoms with E-state index in [1.807, 2.05) is 13.8 Å². The average Bonchev–Trinajstić information content (AvgIpc) is 2.02. The maximum Gasteiger partial charge on any atom is 0.407 e. The third kappa shape index (κ3) is 5.05. The summed E-state index contributed by atoms with van der Waals surface area (Å²) in [7, 11) is 1.20. The molecular weight excluding hydrogens is 174 g/mol. The molecule has 0 fully saturated rings. The minimum Gasteiger partial charge on any atom is -0.480 e. The molecule has 1 atom stereocenters. The van der Waals surface area contributed by atoms with Gasteiger partial charge in [0.1, 0.15) is 6.04 Å². The fourth-order valence-corrected chi connectivity index (χ4v) is 0.894. The lowest BCUT2D eigenvalue weighted by Crippen LogP contribution is -2.41. The fourth-order valence-electron chi connectivity index (χ4n) is 0.894. The Morgan fingerprint density at radius 1 is 1.46 bits per heavy atom. The van der Waals surface area contributed by atoms with Gasteiger partial charge in [0.05, 0.1) is 7.11 Å². The van der Waals surface area contributed by atoms with Crippen LogP contribution in [0.4, 0.5) is 4.79 Å². The second-order valence-electron chi connectivity index (χ2n) is 3.16. The highest BCUT2D eigenvalue weighted by atomic mass is 16.5. The van der Waals surface area contributed by atoms with Crippen LogP contribution in [0.2, 0.25) is 0 Å². The van der Waals surface area contributed by atoms with Gasteiger partial charge in [-0.15, -0.1) is 0 Å². The van der Waals surface area contributed by atoms with E-state index in [0.717, 1.165) is 0 Å². The Labute approximate surface area is 77.1 Å². The number of nitrogens with one attached hydrogen (secondary N) is 1. The van der Waals surface area contributed by atoms with E-state index in [2.05, 4.69) is 10.1 Å². The van der Waals surface area contributed by atoms with E-state index in [0.29, 0.717) is 6.42 Å². The smallest absolute Gasteiger partial charge is 0.407 e. The van der Waals surface area contributed by atoms with Crippen molar-refractivity contribution in [2.75, 3.05) is 7.11 Å². The van der Waals surface area contributed by atoms with Crippen LogP contribution in [0.15, 0.2) is 0 Å². The van der Waals surface area contributed by atoms with Crippen molar-refractivity contribution in [3.63, 3.8) is 0 Å². The van der Waals surface area contributed by atoms with Crippen LogP contribution >= 0.6 is 0 Å². The maximum absolute atomic E-state index is 10.7. The summed E-state index contributed by atoms with van der Waals surface area (Å²) in [5.74, 6) is -0.836. The van der Waals surface area contributed by atoms with Crippen LogP contribution in [0, 0.1) is 5.92 Å². The number of rotatable bonds is 4. The zero-order valence-electron chi connectivity index (χ0n) is 8.03. The lowest BCUT2D eigenvalue weighted by molar-refractivity contribution is -0.139. The average molecular weight is 189 g/mol. The Morgan fingerprint density at radius 3 is 2.31 bits per heavy atom. The molecule has 0 saturated carbocycles. The first-order valence-corrected chi connectivity index (χ1v) is 4.04. The molecule has 0 unspecified atom stereocenters. The zero-order valence-corrected chi connectivity index (χ0v) is 8.03. The van der Waals surface area contributed by atoms with Gasteiger partial charge >= 0.3 is 12.1 Å². The molecule has 0 saturated heterocycles. The number of hydrogen-bond acceptors (Lipinski definition) is 3. The van der Waals surface area contributed by atoms with Gasteiger partial charge in [0.15, 0.2) is 0 Å². The van der Waals surface area contributed by atoms with Gasteiger partial charge < -0.3 is 15.2 Å². The zero-order chi connectivity index (χ0) is 10.4. The Balaban J connectivity index is 4.10. The van der Waals surface area contributed by atoms with Gasteiger partial charge in [-0.1, -0.05) is 13.8 Å². The summed E-state index contributed by atoms with van der Waals surface area (Å²) in [5, 5.41) is 10.9. The molecule has 0 aliphatic rings. The molecule has 0 heterocycles. The van der Waals surface area contributed by atoms with Gasteiger partial charge in [0, 0.05) is 0 Å². The summed E-state index contributed by atoms with van der Waals surface area (Å²) >= 11 is 0. The molecule has 0 spiro atoms. The van der Waals surface area contributed by atoms with E-state index in [1.165, 1.54) is 7.11 Å². The van der Waals surface area contributed by atoms with E-state index in [9.17, 15) is 9.59 Å². The Kier molecular flexibility index (Phi) is 4.87. The molecule has 0 rings (SSSR count). The highest BCUT2D eigenvalue weighted by Crippen LogP contribution is 2.04. The van der Waals surface area contributed by atoms with E-state index in [-0.39, 0.29) is 5.92 Å². The Morgan fingerprint density at radius 2 is 2.00 bits per heavy atom. The van der Waals surface area contributed by atoms with Gasteiger partial charge in [0.2, 0.25) is 0 Å². The van der Waals surface area contributed by atoms with Gasteiger partial charge in [-0.05, 0) is 12.3 Å². The predicted molar refractivity (Wildman–Crippen MR) is 46.4 cm³/mol. The first-order valence-electron chi connectivity index (χ1n) is 4.04. The summed E-state index contributed by atoms with van der Waals surface area (Å²) in [5.41, 5.74) is 0. The molecule has 0 radical (unpaired) electrons. The van der Waals surface area contributed by atoms with E-state index < -0.39 is 18.1 Å². The number of methoxy groups -OCH3 is 1. The molecule has 0 aromatic rings. The van der Waals surface area contributed by atoms with Crippen molar-refractivity contribution in [2.24, 2.45) is 5.92 Å². The van der Waals surface area contributed by atoms with E-state index in [4.69, 9.17) is 5.11 Å². The molecule has 0 aromatic heterocycles. The molecule has 13 heavy (non-hydrogen) atoms. The lowest BCUT2D eigenvalue weighted by Gasteiger charge is -2.15. The Bertz CT molecular complexity index is 191. The van der Waals surface area contributed by atoms with E-state index in [1.54, 1.807) is 0 Å². The molecule has 5 heteroatoms. The van der Waals surface area contributed by atoms with Crippen molar-refractivity contribution in [3.8, 4) is 0 Å². The number of amides is 1. The van der Waals surface area contributed by atoms with Crippen molar-refractivity contribution >= 4 is 12.1 Å². The number of aliphatic carboxylic acids is 1. The lowest BCUT2D eigenvalue weighted by atomic mass is 10.0. The molecule has 0 aliphatic carbocycles. The molecule has 0 bridgehead atoms. The normalized spacial score (nSPS) is 12.3. The number of carbonyl (C=O) groups is 2. The molecule has 5 nitrogen and oxygen atoms in total. The molecule has 0 aromatic carbocycles. The highest BCUT2D eigenvalue weighted by Gasteiger charge is 2.20. The third-order valence-electron chi connectivity index (χ3n) is 1.48. The summed E-state index contributed by atoms with van der Waals surface area (Å²) in [4.78, 5) is 21.3. The van der Waals surface area contributed by atoms with Gasteiger partial charge in [0.25, 0.3) is 0 Å². The third-order valence-corrected chi connectivity index (χ3v) is 1.48. The van der Waals surface area contributed by atoms with Crippen LogP contribution < -0.4 is 5.32 Å². The topological polar surface area (TPSA) is 75.6 Å². The highest BCUT2D eigenvalue weighted by molar-refractivity contribution is 5.79. The monoisotopic (exact) mass is 189 g/mol. The second-order valence-corrected chi connectivity index (χ2v) is 3.16. The fraction of sp³-hybridized carbons (Fsp3) is 0.750. The van der Waals surface area contributed by atoms with E-state index >= 15 is 0 Å². The molecule has 76 valence electrons. The number of carbonyl (C=O) groups excluding carboxylic acids is 1. The van der Waals surface area contributed by atoms with Crippen LogP contribution in [0.1, 0.15) is 20.3 Å². The maximum atomic E-state index is 10.7. The van der Waals surface area contributed by atoms with Gasteiger partial charge in [-0.25, -0.2) is 9.59 Å². The van der Waals surface area contributed by atoms with Crippen molar-refractivity contribution in [2.45, 2.75) is 26.3 Å². The van der Waals surface area contributed by atoms with Crippen LogP contribution in [-0.2, 0) is 9.53 Å². The SMILES string of the molecule is COC(=O)N[C@@H](CC(C)C)C(=O)O. The number of ether oxygens (including phenoxy) is 1. The van der Waals surface area contributed by atoms with Crippen LogP contribution in [0.25, 0.3) is 0 Å². The molecular formula is C8H15NO4. The van der Waals surface area contributed by atoms with Crippen molar-refractivity contribution in [1.29, 1.82) is 0 Å². The number of hydrogen-bond donors (Lipinski definition) is 2. The predicted octanol–water partition coefficient (Wildman–Crippen LogP) is 0.842. The van der Waals surface area contributed by atoms with Crippen LogP contribution in [0.5, 0.6) is 0 Å². The number of alkyl carbamates (subject to hydrolysis) is 1. The second kappa shape index (κ2) is 5.40. The summed E-state index contributed by atoms with van der Waals surface area (Å²) in [6.45, 7) is 3.77.